The van der Waals surface area contributed by atoms with Crippen LogP contribution in [0.1, 0.15) is 49.5 Å². The quantitative estimate of drug-likeness (QED) is 0.256. The van der Waals surface area contributed by atoms with Crippen molar-refractivity contribution in [3.8, 4) is 5.69 Å². The van der Waals surface area contributed by atoms with Crippen LogP contribution in [-0.2, 0) is 30.4 Å². The van der Waals surface area contributed by atoms with Gasteiger partial charge in [-0.1, -0.05) is 44.2 Å². The summed E-state index contributed by atoms with van der Waals surface area (Å²) in [4.78, 5) is 81.1. The van der Waals surface area contributed by atoms with Crippen LogP contribution in [0, 0.1) is 5.92 Å². The molecule has 1 aliphatic heterocycles. The van der Waals surface area contributed by atoms with Crippen LogP contribution in [0.15, 0.2) is 73.1 Å². The second kappa shape index (κ2) is 17.0. The van der Waals surface area contributed by atoms with Crippen molar-refractivity contribution in [3.05, 3.63) is 84.2 Å². The molecule has 3 aromatic rings. The van der Waals surface area contributed by atoms with E-state index >= 15 is 0 Å². The molecule has 1 fully saturated rings. The van der Waals surface area contributed by atoms with E-state index in [1.807, 2.05) is 30.3 Å². The number of amides is 6. The summed E-state index contributed by atoms with van der Waals surface area (Å²) in [6.45, 7) is 4.87. The smallest absolute Gasteiger partial charge is 0.251 e. The molecule has 14 nitrogen and oxygen atoms in total. The lowest BCUT2D eigenvalue weighted by molar-refractivity contribution is -0.139. The first-order chi connectivity index (χ1) is 23.4. The van der Waals surface area contributed by atoms with Gasteiger partial charge in [-0.25, -0.2) is 4.68 Å². The fraction of sp³-hybridized carbons (Fsp3) is 0.400. The first kappa shape index (κ1) is 36.3. The molecule has 0 radical (unpaired) electrons. The minimum absolute atomic E-state index is 0.141. The molecule has 14 heteroatoms. The van der Waals surface area contributed by atoms with Crippen molar-refractivity contribution in [2.75, 3.05) is 20.1 Å². The van der Waals surface area contributed by atoms with Gasteiger partial charge in [0, 0.05) is 38.0 Å². The molecule has 5 N–H and O–H groups in total. The summed E-state index contributed by atoms with van der Waals surface area (Å²) in [6.07, 6.45) is 4.03. The van der Waals surface area contributed by atoms with E-state index in [1.165, 1.54) is 18.9 Å². The number of hydrogen-bond donors (Lipinski definition) is 5. The third-order valence-corrected chi connectivity index (χ3v) is 8.17. The van der Waals surface area contributed by atoms with Gasteiger partial charge in [-0.15, -0.1) is 0 Å². The van der Waals surface area contributed by atoms with Gasteiger partial charge in [0.05, 0.1) is 12.2 Å². The summed E-state index contributed by atoms with van der Waals surface area (Å²) in [6, 6.07) is 13.4. The van der Waals surface area contributed by atoms with Crippen molar-refractivity contribution in [1.29, 1.82) is 0 Å². The lowest BCUT2D eigenvalue weighted by Crippen LogP contribution is -2.59. The highest BCUT2D eigenvalue weighted by molar-refractivity contribution is 5.99. The summed E-state index contributed by atoms with van der Waals surface area (Å²) in [5.41, 5.74) is 1.86. The van der Waals surface area contributed by atoms with Gasteiger partial charge < -0.3 is 31.5 Å². The molecule has 0 aliphatic carbocycles. The van der Waals surface area contributed by atoms with Crippen LogP contribution < -0.4 is 26.6 Å². The van der Waals surface area contributed by atoms with Crippen molar-refractivity contribution in [3.63, 3.8) is 0 Å². The molecule has 0 bridgehead atoms. The van der Waals surface area contributed by atoms with Crippen LogP contribution in [-0.4, -0.2) is 94.4 Å². The summed E-state index contributed by atoms with van der Waals surface area (Å²) in [7, 11) is 1.47. The Balaban J connectivity index is 1.53. The van der Waals surface area contributed by atoms with E-state index in [4.69, 9.17) is 0 Å². The number of nitrogens with one attached hydrogen (secondary N) is 5. The average molecular weight is 673 g/mol. The van der Waals surface area contributed by atoms with E-state index in [9.17, 15) is 28.8 Å². The molecule has 1 saturated heterocycles. The highest BCUT2D eigenvalue weighted by Gasteiger charge is 2.32. The number of aromatic nitrogens is 2. The maximum Gasteiger partial charge on any atom is 0.251 e. The second-order valence-corrected chi connectivity index (χ2v) is 12.4. The van der Waals surface area contributed by atoms with Crippen LogP contribution >= 0.6 is 0 Å². The average Bonchev–Trinajstić information content (AvgIpc) is 3.63. The summed E-state index contributed by atoms with van der Waals surface area (Å²) in [5.74, 6) is -3.57. The number of carbonyl (C=O) groups excluding carboxylic acids is 6. The molecule has 1 aliphatic rings. The van der Waals surface area contributed by atoms with Crippen LogP contribution in [0.3, 0.4) is 0 Å². The Labute approximate surface area is 285 Å². The Morgan fingerprint density at radius 3 is 2.29 bits per heavy atom. The molecule has 0 unspecified atom stereocenters. The fourth-order valence-electron chi connectivity index (χ4n) is 5.35. The van der Waals surface area contributed by atoms with Gasteiger partial charge in [0.1, 0.15) is 24.2 Å². The Hall–Kier alpha value is -5.53. The molecule has 6 amide bonds. The molecule has 0 spiro atoms. The Morgan fingerprint density at radius 2 is 1.63 bits per heavy atom. The largest absolute Gasteiger partial charge is 0.355 e. The van der Waals surface area contributed by atoms with Gasteiger partial charge in [0.15, 0.2) is 0 Å². The van der Waals surface area contributed by atoms with Crippen LogP contribution in [0.25, 0.3) is 5.69 Å². The van der Waals surface area contributed by atoms with Gasteiger partial charge in [-0.2, -0.15) is 5.10 Å². The van der Waals surface area contributed by atoms with Crippen LogP contribution in [0.5, 0.6) is 0 Å². The Kier molecular flexibility index (Phi) is 12.6. The zero-order valence-corrected chi connectivity index (χ0v) is 28.1. The molecule has 1 aromatic heterocycles. The SMILES string of the molecule is CC(C)[C@H]1NC(=O)[C@@H](NC(=O)c2ccc(-n3cccn3)cc2)CCCNC(=O)CN(C)C(=O)[C@H](Cc2ccccc2)NC(=O)[C@@H](C)NC1=O. The third-order valence-electron chi connectivity index (χ3n) is 8.17. The first-order valence-corrected chi connectivity index (χ1v) is 16.3. The Morgan fingerprint density at radius 1 is 0.918 bits per heavy atom. The maximum absolute atomic E-state index is 13.6. The molecular weight excluding hydrogens is 628 g/mol. The van der Waals surface area contributed by atoms with Gasteiger partial charge in [0.2, 0.25) is 29.5 Å². The van der Waals surface area contributed by atoms with Gasteiger partial charge in [-0.05, 0) is 61.6 Å². The number of benzene rings is 2. The zero-order chi connectivity index (χ0) is 35.5. The van der Waals surface area contributed by atoms with E-state index in [-0.39, 0.29) is 31.8 Å². The number of hydrogen-bond acceptors (Lipinski definition) is 7. The van der Waals surface area contributed by atoms with Crippen molar-refractivity contribution in [2.24, 2.45) is 5.92 Å². The van der Waals surface area contributed by atoms with Gasteiger partial charge >= 0.3 is 0 Å². The number of carbonyl (C=O) groups is 6. The molecule has 4 atom stereocenters. The lowest BCUT2D eigenvalue weighted by Gasteiger charge is -2.28. The zero-order valence-electron chi connectivity index (χ0n) is 28.1. The normalized spacial score (nSPS) is 21.9. The third kappa shape index (κ3) is 10.2. The molecular formula is C35H44N8O6. The fourth-order valence-corrected chi connectivity index (χ4v) is 5.35. The number of rotatable bonds is 6. The first-order valence-electron chi connectivity index (χ1n) is 16.3. The number of likely N-dealkylation sites (N-methyl/N-ethyl adjacent to an activating group) is 1. The van der Waals surface area contributed by atoms with Crippen LogP contribution in [0.4, 0.5) is 0 Å². The lowest BCUT2D eigenvalue weighted by atomic mass is 10.0. The molecule has 260 valence electrons. The highest BCUT2D eigenvalue weighted by Crippen LogP contribution is 2.11. The predicted molar refractivity (Wildman–Crippen MR) is 181 cm³/mol. The number of nitrogens with zero attached hydrogens (tertiary/aromatic N) is 3. The van der Waals surface area contributed by atoms with E-state index in [0.717, 1.165) is 11.3 Å². The molecule has 49 heavy (non-hydrogen) atoms. The van der Waals surface area contributed by atoms with E-state index in [1.54, 1.807) is 61.3 Å². The van der Waals surface area contributed by atoms with E-state index in [2.05, 4.69) is 31.7 Å². The molecule has 0 saturated carbocycles. The minimum atomic E-state index is -1.07. The van der Waals surface area contributed by atoms with Crippen molar-refractivity contribution in [2.45, 2.75) is 64.2 Å². The molecule has 2 aromatic carbocycles. The van der Waals surface area contributed by atoms with Gasteiger partial charge in [0.25, 0.3) is 5.91 Å². The van der Waals surface area contributed by atoms with Gasteiger partial charge in [-0.3, -0.25) is 28.8 Å². The minimum Gasteiger partial charge on any atom is -0.355 e. The molecule has 2 heterocycles. The Bertz CT molecular complexity index is 1610. The van der Waals surface area contributed by atoms with Crippen molar-refractivity contribution in [1.82, 2.24) is 41.3 Å². The summed E-state index contributed by atoms with van der Waals surface area (Å²) < 4.78 is 1.65. The standard InChI is InChI=1S/C35H44N8O6/c1-22(2)30-34(48)38-23(3)31(45)40-28(20-24-10-6-5-7-11-24)35(49)42(4)21-29(44)36-17-8-12-27(33(47)41-30)39-32(46)25-13-15-26(16-14-25)43-19-9-18-37-43/h5-7,9-11,13-16,18-19,22-23,27-28,30H,8,12,17,20-21H2,1-4H3,(H,36,44)(H,38,48)(H,39,46)(H,40,45)(H,41,47)/t23-,27+,28+,30-/m1/s1. The monoisotopic (exact) mass is 672 g/mol. The van der Waals surface area contributed by atoms with E-state index in [0.29, 0.717) is 12.0 Å². The van der Waals surface area contributed by atoms with Crippen LogP contribution in [0.2, 0.25) is 0 Å². The summed E-state index contributed by atoms with van der Waals surface area (Å²) in [5, 5.41) is 17.8. The second-order valence-electron chi connectivity index (χ2n) is 12.4. The van der Waals surface area contributed by atoms with Crippen molar-refractivity contribution >= 4 is 35.4 Å². The van der Waals surface area contributed by atoms with E-state index < -0.39 is 59.6 Å². The van der Waals surface area contributed by atoms with Crippen molar-refractivity contribution < 1.29 is 28.8 Å². The predicted octanol–water partition coefficient (Wildman–Crippen LogP) is 0.712. The summed E-state index contributed by atoms with van der Waals surface area (Å²) >= 11 is 0. The maximum atomic E-state index is 13.6. The highest BCUT2D eigenvalue weighted by atomic mass is 16.2. The molecule has 4 rings (SSSR count). The topological polar surface area (TPSA) is 184 Å².